The first kappa shape index (κ1) is 17.1. The van der Waals surface area contributed by atoms with Gasteiger partial charge < -0.3 is 10.1 Å². The molecule has 0 bridgehead atoms. The molecule has 3 aromatic rings. The van der Waals surface area contributed by atoms with Gasteiger partial charge in [0.2, 0.25) is 5.88 Å². The number of nitrogens with zero attached hydrogens (tertiary/aromatic N) is 5. The molecule has 9 heteroatoms. The first-order chi connectivity index (χ1) is 13.1. The minimum atomic E-state index is -0.304. The van der Waals surface area contributed by atoms with E-state index in [0.29, 0.717) is 24.7 Å². The number of hydrogen-bond acceptors (Lipinski definition) is 6. The van der Waals surface area contributed by atoms with Crippen molar-refractivity contribution >= 4 is 17.5 Å². The summed E-state index contributed by atoms with van der Waals surface area (Å²) in [7, 11) is 3.42. The second-order valence-corrected chi connectivity index (χ2v) is 6.48. The summed E-state index contributed by atoms with van der Waals surface area (Å²) >= 11 is 0. The lowest BCUT2D eigenvalue weighted by Crippen LogP contribution is -2.34. The minimum absolute atomic E-state index is 0.0144. The Labute approximate surface area is 156 Å². The van der Waals surface area contributed by atoms with E-state index in [4.69, 9.17) is 4.74 Å². The van der Waals surface area contributed by atoms with Crippen molar-refractivity contribution in [2.24, 2.45) is 7.05 Å². The molecule has 1 atom stereocenters. The summed E-state index contributed by atoms with van der Waals surface area (Å²) in [5.74, 6) is 1.85. The molecule has 0 aromatic carbocycles. The summed E-state index contributed by atoms with van der Waals surface area (Å²) in [5, 5.41) is 14.3. The van der Waals surface area contributed by atoms with Gasteiger partial charge in [0, 0.05) is 37.0 Å². The van der Waals surface area contributed by atoms with Crippen LogP contribution in [0, 0.1) is 6.92 Å². The number of rotatable bonds is 5. The first-order valence-electron chi connectivity index (χ1n) is 8.69. The summed E-state index contributed by atoms with van der Waals surface area (Å²) < 4.78 is 7.17. The standard InChI is InChI=1S/C18H21N7O2/c1-11-8-16(24(2)23-11)21-14-6-7-25(18(14)26)15-5-4-13(17(22-15)27-3)12-9-19-20-10-12/h4-5,8-10,14,21H,6-7H2,1-3H3,(H,19,20). The Hall–Kier alpha value is -3.36. The topological polar surface area (TPSA) is 101 Å². The van der Waals surface area contributed by atoms with E-state index in [9.17, 15) is 4.79 Å². The van der Waals surface area contributed by atoms with E-state index < -0.39 is 0 Å². The number of amides is 1. The van der Waals surface area contributed by atoms with Crippen LogP contribution in [0.25, 0.3) is 11.1 Å². The van der Waals surface area contributed by atoms with Crippen LogP contribution >= 0.6 is 0 Å². The van der Waals surface area contributed by atoms with E-state index in [2.05, 4.69) is 25.6 Å². The van der Waals surface area contributed by atoms with Crippen molar-refractivity contribution in [1.29, 1.82) is 0 Å². The maximum Gasteiger partial charge on any atom is 0.250 e. The summed E-state index contributed by atoms with van der Waals surface area (Å²) in [5.41, 5.74) is 2.61. The zero-order valence-electron chi connectivity index (χ0n) is 15.4. The lowest BCUT2D eigenvalue weighted by Gasteiger charge is -2.18. The van der Waals surface area contributed by atoms with Crippen LogP contribution < -0.4 is 15.0 Å². The molecule has 4 heterocycles. The van der Waals surface area contributed by atoms with Crippen LogP contribution in [-0.2, 0) is 11.8 Å². The predicted molar refractivity (Wildman–Crippen MR) is 101 cm³/mol. The number of nitrogens with one attached hydrogen (secondary N) is 2. The highest BCUT2D eigenvalue weighted by molar-refractivity contribution is 6.00. The number of ether oxygens (including phenoxy) is 1. The van der Waals surface area contributed by atoms with Gasteiger partial charge in [-0.15, -0.1) is 0 Å². The van der Waals surface area contributed by atoms with Crippen molar-refractivity contribution in [1.82, 2.24) is 25.0 Å². The summed E-state index contributed by atoms with van der Waals surface area (Å²) in [6.45, 7) is 2.51. The lowest BCUT2D eigenvalue weighted by molar-refractivity contribution is -0.117. The van der Waals surface area contributed by atoms with Crippen molar-refractivity contribution in [2.75, 3.05) is 23.9 Å². The van der Waals surface area contributed by atoms with Gasteiger partial charge in [-0.2, -0.15) is 15.2 Å². The molecule has 27 heavy (non-hydrogen) atoms. The molecular formula is C18H21N7O2. The van der Waals surface area contributed by atoms with Crippen LogP contribution in [0.2, 0.25) is 0 Å². The number of carbonyl (C=O) groups is 1. The quantitative estimate of drug-likeness (QED) is 0.712. The van der Waals surface area contributed by atoms with Gasteiger partial charge in [-0.05, 0) is 25.5 Å². The molecule has 1 fully saturated rings. The van der Waals surface area contributed by atoms with E-state index in [1.165, 1.54) is 0 Å². The second-order valence-electron chi connectivity index (χ2n) is 6.48. The number of carbonyl (C=O) groups excluding carboxylic acids is 1. The fraction of sp³-hybridized carbons (Fsp3) is 0.333. The Balaban J connectivity index is 1.55. The maximum absolute atomic E-state index is 12.9. The largest absolute Gasteiger partial charge is 0.480 e. The highest BCUT2D eigenvalue weighted by Gasteiger charge is 2.34. The molecule has 9 nitrogen and oxygen atoms in total. The van der Waals surface area contributed by atoms with Crippen molar-refractivity contribution in [2.45, 2.75) is 19.4 Å². The summed E-state index contributed by atoms with van der Waals surface area (Å²) in [6, 6.07) is 5.35. The number of methoxy groups -OCH3 is 1. The first-order valence-corrected chi connectivity index (χ1v) is 8.69. The number of aromatic nitrogens is 5. The number of H-pyrrole nitrogens is 1. The molecule has 1 saturated heterocycles. The lowest BCUT2D eigenvalue weighted by atomic mass is 10.1. The Morgan fingerprint density at radius 3 is 2.89 bits per heavy atom. The second kappa shape index (κ2) is 6.75. The Morgan fingerprint density at radius 2 is 2.22 bits per heavy atom. The number of anilines is 2. The van der Waals surface area contributed by atoms with Crippen LogP contribution in [-0.4, -0.2) is 50.6 Å². The molecule has 0 radical (unpaired) electrons. The van der Waals surface area contributed by atoms with Crippen LogP contribution in [0.5, 0.6) is 5.88 Å². The average Bonchev–Trinajstić information content (AvgIpc) is 3.37. The van der Waals surface area contributed by atoms with E-state index in [1.807, 2.05) is 32.2 Å². The molecule has 1 amide bonds. The minimum Gasteiger partial charge on any atom is -0.480 e. The van der Waals surface area contributed by atoms with E-state index in [-0.39, 0.29) is 11.9 Å². The van der Waals surface area contributed by atoms with Gasteiger partial charge in [0.05, 0.1) is 19.0 Å². The van der Waals surface area contributed by atoms with Crippen molar-refractivity contribution in [3.63, 3.8) is 0 Å². The number of aryl methyl sites for hydroxylation is 2. The normalized spacial score (nSPS) is 16.8. The van der Waals surface area contributed by atoms with Crippen LogP contribution in [0.15, 0.2) is 30.6 Å². The highest BCUT2D eigenvalue weighted by atomic mass is 16.5. The SMILES string of the molecule is COc1nc(N2CCC(Nc3cc(C)nn3C)C2=O)ccc1-c1cn[nH]c1. The van der Waals surface area contributed by atoms with E-state index >= 15 is 0 Å². The van der Waals surface area contributed by atoms with Gasteiger partial charge in [-0.3, -0.25) is 19.5 Å². The van der Waals surface area contributed by atoms with Crippen molar-refractivity contribution in [3.05, 3.63) is 36.3 Å². The Bertz CT molecular complexity index is 964. The van der Waals surface area contributed by atoms with Gasteiger partial charge in [-0.1, -0.05) is 0 Å². The number of aromatic amines is 1. The molecule has 0 aliphatic carbocycles. The molecular weight excluding hydrogens is 346 g/mol. The number of hydrogen-bond donors (Lipinski definition) is 2. The van der Waals surface area contributed by atoms with Crippen LogP contribution in [0.4, 0.5) is 11.6 Å². The summed E-state index contributed by atoms with van der Waals surface area (Å²) in [4.78, 5) is 19.1. The van der Waals surface area contributed by atoms with Gasteiger partial charge in [0.25, 0.3) is 5.91 Å². The van der Waals surface area contributed by atoms with Gasteiger partial charge in [0.15, 0.2) is 0 Å². The monoisotopic (exact) mass is 367 g/mol. The van der Waals surface area contributed by atoms with E-state index in [0.717, 1.165) is 22.6 Å². The fourth-order valence-corrected chi connectivity index (χ4v) is 3.32. The molecule has 1 unspecified atom stereocenters. The Morgan fingerprint density at radius 1 is 1.37 bits per heavy atom. The Kier molecular flexibility index (Phi) is 4.27. The zero-order valence-corrected chi connectivity index (χ0v) is 15.4. The molecule has 0 spiro atoms. The average molecular weight is 367 g/mol. The molecule has 2 N–H and O–H groups in total. The van der Waals surface area contributed by atoms with Gasteiger partial charge >= 0.3 is 0 Å². The molecule has 4 rings (SSSR count). The van der Waals surface area contributed by atoms with Crippen LogP contribution in [0.3, 0.4) is 0 Å². The molecule has 1 aliphatic heterocycles. The van der Waals surface area contributed by atoms with Crippen LogP contribution in [0.1, 0.15) is 12.1 Å². The summed E-state index contributed by atoms with van der Waals surface area (Å²) in [6.07, 6.45) is 4.17. The van der Waals surface area contributed by atoms with Gasteiger partial charge in [-0.25, -0.2) is 0 Å². The van der Waals surface area contributed by atoms with E-state index in [1.54, 1.807) is 29.1 Å². The van der Waals surface area contributed by atoms with Crippen molar-refractivity contribution < 1.29 is 9.53 Å². The molecule has 140 valence electrons. The third kappa shape index (κ3) is 3.12. The third-order valence-corrected chi connectivity index (χ3v) is 4.65. The van der Waals surface area contributed by atoms with Gasteiger partial charge in [0.1, 0.15) is 17.7 Å². The molecule has 3 aromatic heterocycles. The highest BCUT2D eigenvalue weighted by Crippen LogP contribution is 2.31. The number of pyridine rings is 1. The third-order valence-electron chi connectivity index (χ3n) is 4.65. The fourth-order valence-electron chi connectivity index (χ4n) is 3.32. The molecule has 1 aliphatic rings. The molecule has 0 saturated carbocycles. The zero-order chi connectivity index (χ0) is 19.0. The predicted octanol–water partition coefficient (Wildman–Crippen LogP) is 1.74. The van der Waals surface area contributed by atoms with Crippen molar-refractivity contribution in [3.8, 4) is 17.0 Å². The smallest absolute Gasteiger partial charge is 0.250 e. The maximum atomic E-state index is 12.9.